The Morgan fingerprint density at radius 3 is 2.80 bits per heavy atom. The number of rotatable bonds is 6. The molecule has 166 valence electrons. The van der Waals surface area contributed by atoms with Crippen LogP contribution in [0, 0.1) is 0 Å². The fourth-order valence-corrected chi connectivity index (χ4v) is 4.45. The van der Waals surface area contributed by atoms with Crippen LogP contribution in [-0.2, 0) is 9.59 Å². The topological polar surface area (TPSA) is 106 Å². The molecule has 0 unspecified atom stereocenters. The van der Waals surface area contributed by atoms with Gasteiger partial charge in [0.2, 0.25) is 17.7 Å². The summed E-state index contributed by atoms with van der Waals surface area (Å²) in [7, 11) is 0. The lowest BCUT2D eigenvalue weighted by atomic mass is 9.85. The second kappa shape index (κ2) is 8.56. The van der Waals surface area contributed by atoms with Gasteiger partial charge in [-0.05, 0) is 32.1 Å². The van der Waals surface area contributed by atoms with Crippen LogP contribution in [0.1, 0.15) is 81.5 Å². The van der Waals surface area contributed by atoms with Crippen LogP contribution in [-0.4, -0.2) is 63.4 Å². The number of amides is 2. The summed E-state index contributed by atoms with van der Waals surface area (Å²) in [6, 6.07) is -0.980. The van der Waals surface area contributed by atoms with Gasteiger partial charge >= 0.3 is 0 Å². The molecule has 10 heteroatoms. The second-order valence-electron chi connectivity index (χ2n) is 8.81. The highest BCUT2D eigenvalue weighted by atomic mass is 19.3. The Bertz CT molecular complexity index is 782. The van der Waals surface area contributed by atoms with Gasteiger partial charge in [-0.3, -0.25) is 9.59 Å². The third-order valence-corrected chi connectivity index (χ3v) is 6.41. The van der Waals surface area contributed by atoms with E-state index in [1.807, 2.05) is 0 Å². The lowest BCUT2D eigenvalue weighted by Gasteiger charge is -2.36. The maximum absolute atomic E-state index is 13.6. The van der Waals surface area contributed by atoms with E-state index in [0.717, 1.165) is 42.8 Å². The van der Waals surface area contributed by atoms with Crippen molar-refractivity contribution in [3.8, 4) is 0 Å². The van der Waals surface area contributed by atoms with Crippen molar-refractivity contribution in [3.63, 3.8) is 0 Å². The number of hydrogen-bond acceptors (Lipinski definition) is 6. The number of halogens is 2. The van der Waals surface area contributed by atoms with Crippen molar-refractivity contribution in [3.05, 3.63) is 11.7 Å². The van der Waals surface area contributed by atoms with Gasteiger partial charge in [-0.2, -0.15) is 4.98 Å². The first-order valence-electron chi connectivity index (χ1n) is 10.9. The molecule has 4 rings (SSSR count). The number of nitrogens with zero attached hydrogens (tertiary/aromatic N) is 4. The molecular weight excluding hydrogens is 396 g/mol. The highest BCUT2D eigenvalue weighted by Crippen LogP contribution is 2.37. The summed E-state index contributed by atoms with van der Waals surface area (Å²) < 4.78 is 32.7. The molecule has 3 aliphatic rings. The van der Waals surface area contributed by atoms with Crippen molar-refractivity contribution in [1.82, 2.24) is 19.9 Å². The van der Waals surface area contributed by atoms with Gasteiger partial charge in [0.05, 0.1) is 6.54 Å². The first-order valence-corrected chi connectivity index (χ1v) is 10.9. The van der Waals surface area contributed by atoms with Gasteiger partial charge in [0.1, 0.15) is 6.04 Å². The fourth-order valence-electron chi connectivity index (χ4n) is 4.45. The molecule has 1 aromatic rings. The summed E-state index contributed by atoms with van der Waals surface area (Å²) in [4.78, 5) is 32.2. The van der Waals surface area contributed by atoms with E-state index in [2.05, 4.69) is 10.1 Å². The highest BCUT2D eigenvalue weighted by molar-refractivity contribution is 5.79. The molecule has 8 nitrogen and oxygen atoms in total. The normalized spacial score (nSPS) is 25.8. The molecule has 3 heterocycles. The Morgan fingerprint density at radius 1 is 1.27 bits per heavy atom. The summed E-state index contributed by atoms with van der Waals surface area (Å²) in [5.41, 5.74) is 6.08. The molecule has 0 spiro atoms. The highest BCUT2D eigenvalue weighted by Gasteiger charge is 2.40. The summed E-state index contributed by atoms with van der Waals surface area (Å²) in [5, 5.41) is 4.10. The maximum atomic E-state index is 13.6. The van der Waals surface area contributed by atoms with Crippen LogP contribution >= 0.6 is 0 Å². The monoisotopic (exact) mass is 425 g/mol. The fraction of sp³-hybridized carbons (Fsp3) is 0.800. The van der Waals surface area contributed by atoms with Crippen LogP contribution < -0.4 is 5.73 Å². The average Bonchev–Trinajstić information content (AvgIpc) is 3.12. The van der Waals surface area contributed by atoms with Gasteiger partial charge in [0.15, 0.2) is 5.82 Å². The standard InChI is InChI=1S/C20H29F2N5O3/c21-20(22)8-7-16(28)26(12-20)11-14(23)10-17(29)27-9-2-1-6-15(27)19-24-18(25-30-19)13-4-3-5-13/h13-15H,1-12,23H2/t14-,15+/m1/s1. The van der Waals surface area contributed by atoms with Crippen LogP contribution in [0.4, 0.5) is 8.78 Å². The summed E-state index contributed by atoms with van der Waals surface area (Å²) >= 11 is 0. The maximum Gasteiger partial charge on any atom is 0.265 e. The molecule has 3 fully saturated rings. The minimum Gasteiger partial charge on any atom is -0.337 e. The van der Waals surface area contributed by atoms with E-state index in [4.69, 9.17) is 10.3 Å². The number of nitrogens with two attached hydrogens (primary N) is 1. The predicted molar refractivity (Wildman–Crippen MR) is 103 cm³/mol. The van der Waals surface area contributed by atoms with Crippen LogP contribution in [0.2, 0.25) is 0 Å². The number of alkyl halides is 2. The van der Waals surface area contributed by atoms with Gasteiger partial charge in [-0.1, -0.05) is 11.6 Å². The summed E-state index contributed by atoms with van der Waals surface area (Å²) in [5.74, 6) is -1.88. The molecule has 1 saturated carbocycles. The van der Waals surface area contributed by atoms with Crippen LogP contribution in [0.25, 0.3) is 0 Å². The Kier molecular flexibility index (Phi) is 6.04. The van der Waals surface area contributed by atoms with E-state index in [9.17, 15) is 18.4 Å². The molecule has 2 amide bonds. The quantitative estimate of drug-likeness (QED) is 0.750. The zero-order chi connectivity index (χ0) is 21.3. The van der Waals surface area contributed by atoms with E-state index in [0.29, 0.717) is 18.4 Å². The summed E-state index contributed by atoms with van der Waals surface area (Å²) in [6.45, 7) is -0.116. The molecule has 1 aliphatic carbocycles. The van der Waals surface area contributed by atoms with E-state index < -0.39 is 24.9 Å². The number of piperidine rings is 2. The third-order valence-electron chi connectivity index (χ3n) is 6.41. The van der Waals surface area contributed by atoms with Crippen molar-refractivity contribution in [1.29, 1.82) is 0 Å². The molecule has 0 radical (unpaired) electrons. The summed E-state index contributed by atoms with van der Waals surface area (Å²) in [6.07, 6.45) is 5.23. The molecule has 1 aromatic heterocycles. The molecule has 2 N–H and O–H groups in total. The van der Waals surface area contributed by atoms with Crippen molar-refractivity contribution in [2.45, 2.75) is 81.7 Å². The number of carbonyl (C=O) groups is 2. The first-order chi connectivity index (χ1) is 14.3. The smallest absolute Gasteiger partial charge is 0.265 e. The third kappa shape index (κ3) is 4.63. The number of carbonyl (C=O) groups excluding carboxylic acids is 2. The van der Waals surface area contributed by atoms with Gasteiger partial charge in [0.25, 0.3) is 5.92 Å². The Morgan fingerprint density at radius 2 is 2.07 bits per heavy atom. The number of likely N-dealkylation sites (tertiary alicyclic amines) is 2. The van der Waals surface area contributed by atoms with E-state index in [1.165, 1.54) is 6.42 Å². The molecule has 2 atom stereocenters. The minimum atomic E-state index is -2.90. The largest absolute Gasteiger partial charge is 0.337 e. The molecule has 30 heavy (non-hydrogen) atoms. The average molecular weight is 425 g/mol. The van der Waals surface area contributed by atoms with Crippen molar-refractivity contribution < 1.29 is 22.9 Å². The van der Waals surface area contributed by atoms with Gasteiger partial charge in [-0.15, -0.1) is 0 Å². The molecule has 2 aliphatic heterocycles. The van der Waals surface area contributed by atoms with E-state index in [-0.39, 0.29) is 37.2 Å². The first kappa shape index (κ1) is 21.1. The van der Waals surface area contributed by atoms with Crippen LogP contribution in [0.15, 0.2) is 4.52 Å². The Labute approximate surface area is 174 Å². The minimum absolute atomic E-state index is 0.0184. The Hall–Kier alpha value is -2.10. The number of aromatic nitrogens is 2. The van der Waals surface area contributed by atoms with Gasteiger partial charge in [-0.25, -0.2) is 8.78 Å². The van der Waals surface area contributed by atoms with E-state index in [1.54, 1.807) is 4.90 Å². The molecule has 0 bridgehead atoms. The Balaban J connectivity index is 1.37. The van der Waals surface area contributed by atoms with Gasteiger partial charge < -0.3 is 20.1 Å². The molecule has 2 saturated heterocycles. The second-order valence-corrected chi connectivity index (χ2v) is 8.81. The molecular formula is C20H29F2N5O3. The zero-order valence-electron chi connectivity index (χ0n) is 17.1. The van der Waals surface area contributed by atoms with Crippen molar-refractivity contribution in [2.75, 3.05) is 19.6 Å². The van der Waals surface area contributed by atoms with Crippen molar-refractivity contribution in [2.24, 2.45) is 5.73 Å². The SMILES string of the molecule is N[C@H](CC(=O)N1CCCC[C@H]1c1nc(C2CCC2)no1)CN1CC(F)(F)CCC1=O. The lowest BCUT2D eigenvalue weighted by molar-refractivity contribution is -0.148. The lowest BCUT2D eigenvalue weighted by Crippen LogP contribution is -2.51. The van der Waals surface area contributed by atoms with Crippen LogP contribution in [0.3, 0.4) is 0 Å². The van der Waals surface area contributed by atoms with Gasteiger partial charge in [0, 0.05) is 44.3 Å². The number of hydrogen-bond donors (Lipinski definition) is 1. The predicted octanol–water partition coefficient (Wildman–Crippen LogP) is 2.37. The van der Waals surface area contributed by atoms with E-state index >= 15 is 0 Å². The molecule has 0 aromatic carbocycles. The van der Waals surface area contributed by atoms with Crippen LogP contribution in [0.5, 0.6) is 0 Å². The zero-order valence-corrected chi connectivity index (χ0v) is 17.1. The van der Waals surface area contributed by atoms with Crippen molar-refractivity contribution >= 4 is 11.8 Å².